The third-order valence-electron chi connectivity index (χ3n) is 3.38. The zero-order valence-electron chi connectivity index (χ0n) is 13.6. The van der Waals surface area contributed by atoms with E-state index in [4.69, 9.17) is 4.74 Å². The fourth-order valence-electron chi connectivity index (χ4n) is 2.10. The molecule has 0 atom stereocenters. The molecule has 0 aliphatic carbocycles. The van der Waals surface area contributed by atoms with E-state index in [-0.39, 0.29) is 5.91 Å². The third kappa shape index (κ3) is 4.74. The summed E-state index contributed by atoms with van der Waals surface area (Å²) in [5, 5.41) is 8.11. The van der Waals surface area contributed by atoms with E-state index in [1.807, 2.05) is 24.3 Å². The van der Waals surface area contributed by atoms with Crippen LogP contribution >= 0.6 is 11.3 Å². The average molecular weight is 355 g/mol. The molecule has 7 nitrogen and oxygen atoms in total. The lowest BCUT2D eigenvalue weighted by Crippen LogP contribution is -2.25. The number of carbonyl (C=O) groups excluding carboxylic acids is 1. The molecule has 0 saturated carbocycles. The van der Waals surface area contributed by atoms with E-state index < -0.39 is 0 Å². The van der Waals surface area contributed by atoms with Gasteiger partial charge < -0.3 is 15.4 Å². The highest BCUT2D eigenvalue weighted by Crippen LogP contribution is 2.18. The molecule has 0 unspecified atom stereocenters. The standard InChI is InChI=1S/C17H17N5O2S/c1-24-13-5-3-12(4-6-13)7-10-18-15(23)14-11-25-17(21-14)22-16-19-8-2-9-20-16/h2-6,8-9,11H,7,10H2,1H3,(H,18,23)(H,19,20,21,22). The molecule has 2 aromatic heterocycles. The Balaban J connectivity index is 1.49. The van der Waals surface area contributed by atoms with Gasteiger partial charge in [0.15, 0.2) is 5.13 Å². The molecule has 25 heavy (non-hydrogen) atoms. The van der Waals surface area contributed by atoms with Crippen LogP contribution in [0.25, 0.3) is 0 Å². The lowest BCUT2D eigenvalue weighted by atomic mass is 10.1. The van der Waals surface area contributed by atoms with Crippen molar-refractivity contribution in [2.45, 2.75) is 6.42 Å². The number of benzene rings is 1. The Kier molecular flexibility index (Phi) is 5.53. The topological polar surface area (TPSA) is 89.0 Å². The van der Waals surface area contributed by atoms with Gasteiger partial charge >= 0.3 is 0 Å². The van der Waals surface area contributed by atoms with Gasteiger partial charge in [-0.2, -0.15) is 0 Å². The number of ether oxygens (including phenoxy) is 1. The Morgan fingerprint density at radius 1 is 1.20 bits per heavy atom. The molecule has 8 heteroatoms. The van der Waals surface area contributed by atoms with E-state index in [0.29, 0.717) is 23.3 Å². The van der Waals surface area contributed by atoms with Gasteiger partial charge in [-0.1, -0.05) is 12.1 Å². The van der Waals surface area contributed by atoms with E-state index in [1.54, 1.807) is 30.9 Å². The second-order valence-corrected chi connectivity index (χ2v) is 5.95. The van der Waals surface area contributed by atoms with Crippen molar-refractivity contribution < 1.29 is 9.53 Å². The number of thiazole rings is 1. The molecule has 0 saturated heterocycles. The summed E-state index contributed by atoms with van der Waals surface area (Å²) in [7, 11) is 1.64. The Morgan fingerprint density at radius 3 is 2.68 bits per heavy atom. The lowest BCUT2D eigenvalue weighted by Gasteiger charge is -2.05. The highest BCUT2D eigenvalue weighted by atomic mass is 32.1. The Bertz CT molecular complexity index is 821. The average Bonchev–Trinajstić information content (AvgIpc) is 3.12. The summed E-state index contributed by atoms with van der Waals surface area (Å²) in [6.45, 7) is 0.535. The third-order valence-corrected chi connectivity index (χ3v) is 4.14. The zero-order valence-corrected chi connectivity index (χ0v) is 14.4. The highest BCUT2D eigenvalue weighted by molar-refractivity contribution is 7.14. The number of rotatable bonds is 7. The number of hydrogen-bond donors (Lipinski definition) is 2. The Hall–Kier alpha value is -3.00. The summed E-state index contributed by atoms with van der Waals surface area (Å²) in [4.78, 5) is 24.5. The molecule has 3 rings (SSSR count). The molecule has 2 heterocycles. The van der Waals surface area contributed by atoms with Gasteiger partial charge in [0.2, 0.25) is 5.95 Å². The smallest absolute Gasteiger partial charge is 0.270 e. The van der Waals surface area contributed by atoms with Crippen LogP contribution in [0, 0.1) is 0 Å². The van der Waals surface area contributed by atoms with Crippen LogP contribution in [0.15, 0.2) is 48.1 Å². The quantitative estimate of drug-likeness (QED) is 0.677. The lowest BCUT2D eigenvalue weighted by molar-refractivity contribution is 0.0950. The van der Waals surface area contributed by atoms with E-state index in [1.165, 1.54) is 11.3 Å². The first-order chi connectivity index (χ1) is 12.2. The zero-order chi connectivity index (χ0) is 17.5. The maximum absolute atomic E-state index is 12.2. The first-order valence-electron chi connectivity index (χ1n) is 7.65. The van der Waals surface area contributed by atoms with Gasteiger partial charge in [-0.15, -0.1) is 11.3 Å². The summed E-state index contributed by atoms with van der Waals surface area (Å²) in [5.41, 5.74) is 1.50. The van der Waals surface area contributed by atoms with Crippen molar-refractivity contribution in [1.82, 2.24) is 20.3 Å². The van der Waals surface area contributed by atoms with E-state index in [0.717, 1.165) is 17.7 Å². The molecular formula is C17H17N5O2S. The fraction of sp³-hybridized carbons (Fsp3) is 0.176. The van der Waals surface area contributed by atoms with Gasteiger partial charge in [-0.05, 0) is 30.2 Å². The van der Waals surface area contributed by atoms with Crippen LogP contribution in [0.5, 0.6) is 5.75 Å². The van der Waals surface area contributed by atoms with E-state index >= 15 is 0 Å². The molecule has 3 aromatic rings. The molecule has 1 aromatic carbocycles. The number of amides is 1. The number of aromatic nitrogens is 3. The number of hydrogen-bond acceptors (Lipinski definition) is 7. The predicted octanol–water partition coefficient (Wildman–Crippen LogP) is 2.66. The predicted molar refractivity (Wildman–Crippen MR) is 96.5 cm³/mol. The van der Waals surface area contributed by atoms with Crippen molar-refractivity contribution in [2.24, 2.45) is 0 Å². The second-order valence-electron chi connectivity index (χ2n) is 5.09. The number of anilines is 2. The van der Waals surface area contributed by atoms with Crippen molar-refractivity contribution >= 4 is 28.3 Å². The first kappa shape index (κ1) is 16.8. The van der Waals surface area contributed by atoms with E-state index in [2.05, 4.69) is 25.6 Å². The summed E-state index contributed by atoms with van der Waals surface area (Å²) in [6.07, 6.45) is 4.01. The Labute approximate surface area is 149 Å². The maximum Gasteiger partial charge on any atom is 0.270 e. The van der Waals surface area contributed by atoms with Crippen molar-refractivity contribution in [3.05, 3.63) is 59.4 Å². The van der Waals surface area contributed by atoms with Crippen molar-refractivity contribution in [3.8, 4) is 5.75 Å². The fourth-order valence-corrected chi connectivity index (χ4v) is 2.78. The van der Waals surface area contributed by atoms with Crippen LogP contribution in [0.1, 0.15) is 16.1 Å². The second kappa shape index (κ2) is 8.20. The summed E-state index contributed by atoms with van der Waals surface area (Å²) in [5.74, 6) is 1.06. The van der Waals surface area contributed by atoms with Crippen LogP contribution in [0.3, 0.4) is 0 Å². The maximum atomic E-state index is 12.2. The number of methoxy groups -OCH3 is 1. The monoisotopic (exact) mass is 355 g/mol. The molecule has 1 amide bonds. The molecular weight excluding hydrogens is 338 g/mol. The number of nitrogens with zero attached hydrogens (tertiary/aromatic N) is 3. The van der Waals surface area contributed by atoms with Gasteiger partial charge in [0.1, 0.15) is 11.4 Å². The highest BCUT2D eigenvalue weighted by Gasteiger charge is 2.11. The minimum atomic E-state index is -0.202. The van der Waals surface area contributed by atoms with Crippen LogP contribution < -0.4 is 15.4 Å². The van der Waals surface area contributed by atoms with Gasteiger partial charge in [0.25, 0.3) is 5.91 Å². The Morgan fingerprint density at radius 2 is 1.96 bits per heavy atom. The van der Waals surface area contributed by atoms with Crippen molar-refractivity contribution in [3.63, 3.8) is 0 Å². The summed E-state index contributed by atoms with van der Waals surface area (Å²) >= 11 is 1.33. The largest absolute Gasteiger partial charge is 0.497 e. The van der Waals surface area contributed by atoms with Crippen LogP contribution in [-0.4, -0.2) is 34.5 Å². The van der Waals surface area contributed by atoms with Crippen molar-refractivity contribution in [2.75, 3.05) is 19.0 Å². The SMILES string of the molecule is COc1ccc(CCNC(=O)c2csc(Nc3ncccn3)n2)cc1. The van der Waals surface area contributed by atoms with Gasteiger partial charge in [0.05, 0.1) is 7.11 Å². The molecule has 0 spiro atoms. The van der Waals surface area contributed by atoms with E-state index in [9.17, 15) is 4.79 Å². The molecule has 0 bridgehead atoms. The molecule has 2 N–H and O–H groups in total. The van der Waals surface area contributed by atoms with Crippen LogP contribution in [0.2, 0.25) is 0 Å². The number of nitrogens with one attached hydrogen (secondary N) is 2. The normalized spacial score (nSPS) is 10.3. The molecule has 0 fully saturated rings. The summed E-state index contributed by atoms with van der Waals surface area (Å²) in [6, 6.07) is 9.50. The van der Waals surface area contributed by atoms with Crippen LogP contribution in [0.4, 0.5) is 11.1 Å². The van der Waals surface area contributed by atoms with Crippen LogP contribution in [-0.2, 0) is 6.42 Å². The minimum absolute atomic E-state index is 0.202. The molecule has 0 radical (unpaired) electrons. The first-order valence-corrected chi connectivity index (χ1v) is 8.53. The number of carbonyl (C=O) groups is 1. The molecule has 0 aliphatic rings. The minimum Gasteiger partial charge on any atom is -0.497 e. The van der Waals surface area contributed by atoms with Gasteiger partial charge in [0, 0.05) is 24.3 Å². The van der Waals surface area contributed by atoms with Crippen molar-refractivity contribution in [1.29, 1.82) is 0 Å². The summed E-state index contributed by atoms with van der Waals surface area (Å²) < 4.78 is 5.12. The molecule has 128 valence electrons. The van der Waals surface area contributed by atoms with Gasteiger partial charge in [-0.3, -0.25) is 4.79 Å². The van der Waals surface area contributed by atoms with Gasteiger partial charge in [-0.25, -0.2) is 15.0 Å². The molecule has 0 aliphatic heterocycles.